The van der Waals surface area contributed by atoms with Crippen molar-refractivity contribution in [2.75, 3.05) is 11.1 Å². The number of nitrogens with two attached hydrogens (primary N) is 1. The van der Waals surface area contributed by atoms with E-state index in [0.717, 1.165) is 16.2 Å². The summed E-state index contributed by atoms with van der Waals surface area (Å²) in [5, 5.41) is 6.93. The number of nitrogens with one attached hydrogen (secondary N) is 1. The lowest BCUT2D eigenvalue weighted by molar-refractivity contribution is 0.924. The lowest BCUT2D eigenvalue weighted by Crippen LogP contribution is -2.04. The van der Waals surface area contributed by atoms with Crippen molar-refractivity contribution in [3.63, 3.8) is 0 Å². The third kappa shape index (κ3) is 4.54. The summed E-state index contributed by atoms with van der Waals surface area (Å²) >= 11 is 8.81. The Hall–Kier alpha value is -2.68. The molecule has 0 fully saturated rings. The molecule has 134 valence electrons. The normalized spacial score (nSPS) is 10.7. The first kappa shape index (κ1) is 17.7. The van der Waals surface area contributed by atoms with Crippen LogP contribution in [0.15, 0.2) is 70.0 Å². The van der Waals surface area contributed by atoms with E-state index < -0.39 is 0 Å². The molecule has 9 heteroatoms. The van der Waals surface area contributed by atoms with Crippen LogP contribution in [-0.2, 0) is 0 Å². The Balaban J connectivity index is 1.53. The fourth-order valence-electron chi connectivity index (χ4n) is 2.25. The van der Waals surface area contributed by atoms with E-state index in [4.69, 9.17) is 17.3 Å². The zero-order valence-corrected chi connectivity index (χ0v) is 16.2. The van der Waals surface area contributed by atoms with Crippen LogP contribution in [0.2, 0.25) is 5.02 Å². The van der Waals surface area contributed by atoms with Crippen molar-refractivity contribution in [3.05, 3.63) is 65.0 Å². The average Bonchev–Trinajstić information content (AvgIpc) is 3.11. The molecule has 2 aromatic carbocycles. The van der Waals surface area contributed by atoms with Crippen LogP contribution in [0.5, 0.6) is 0 Å². The monoisotopic (exact) mass is 412 g/mol. The highest BCUT2D eigenvalue weighted by atomic mass is 35.5. The third-order valence-corrected chi connectivity index (χ3v) is 5.33. The van der Waals surface area contributed by atoms with E-state index in [9.17, 15) is 0 Å². The van der Waals surface area contributed by atoms with Gasteiger partial charge in [0.1, 0.15) is 0 Å². The predicted octanol–water partition coefficient (Wildman–Crippen LogP) is 5.13. The molecule has 4 aromatic rings. The van der Waals surface area contributed by atoms with Crippen LogP contribution < -0.4 is 11.1 Å². The SMILES string of the molecule is Nc1nc(Nc2nc(-c3ccc(Cl)cc3)cs2)nc(Sc2ccccc2)n1. The van der Waals surface area contributed by atoms with Crippen molar-refractivity contribution in [2.45, 2.75) is 10.1 Å². The van der Waals surface area contributed by atoms with Crippen LogP contribution in [0.1, 0.15) is 0 Å². The van der Waals surface area contributed by atoms with E-state index in [0.29, 0.717) is 21.3 Å². The van der Waals surface area contributed by atoms with Gasteiger partial charge in [0.15, 0.2) is 10.3 Å². The topological polar surface area (TPSA) is 89.6 Å². The predicted molar refractivity (Wildman–Crippen MR) is 111 cm³/mol. The molecular weight excluding hydrogens is 400 g/mol. The first-order valence-electron chi connectivity index (χ1n) is 7.89. The summed E-state index contributed by atoms with van der Waals surface area (Å²) in [5.74, 6) is 0.512. The summed E-state index contributed by atoms with van der Waals surface area (Å²) in [6.45, 7) is 0. The zero-order chi connectivity index (χ0) is 18.6. The van der Waals surface area contributed by atoms with Gasteiger partial charge in [-0.25, -0.2) is 4.98 Å². The number of aromatic nitrogens is 4. The molecule has 0 radical (unpaired) electrons. The molecule has 2 heterocycles. The van der Waals surface area contributed by atoms with Gasteiger partial charge in [0, 0.05) is 20.9 Å². The highest BCUT2D eigenvalue weighted by Gasteiger charge is 2.10. The Bertz CT molecular complexity index is 1050. The van der Waals surface area contributed by atoms with Gasteiger partial charge in [0.05, 0.1) is 5.69 Å². The maximum absolute atomic E-state index is 5.93. The van der Waals surface area contributed by atoms with Gasteiger partial charge in [-0.15, -0.1) is 11.3 Å². The van der Waals surface area contributed by atoms with Gasteiger partial charge in [0.25, 0.3) is 0 Å². The molecule has 27 heavy (non-hydrogen) atoms. The van der Waals surface area contributed by atoms with Crippen molar-refractivity contribution < 1.29 is 0 Å². The summed E-state index contributed by atoms with van der Waals surface area (Å²) in [6, 6.07) is 17.4. The maximum Gasteiger partial charge on any atom is 0.234 e. The standard InChI is InChI=1S/C18H13ClN6S2/c19-12-8-6-11(7-9-12)14-10-26-17(21-14)24-16-22-15(20)23-18(25-16)27-13-4-2-1-3-5-13/h1-10H,(H3,20,21,22,23,24,25). The second-order valence-corrected chi connectivity index (χ2v) is 7.72. The van der Waals surface area contributed by atoms with Crippen LogP contribution in [0.3, 0.4) is 0 Å². The van der Waals surface area contributed by atoms with Gasteiger partial charge >= 0.3 is 0 Å². The average molecular weight is 413 g/mol. The molecule has 0 bridgehead atoms. The lowest BCUT2D eigenvalue weighted by atomic mass is 10.2. The molecule has 0 atom stereocenters. The van der Waals surface area contributed by atoms with Crippen LogP contribution in [0.25, 0.3) is 11.3 Å². The molecule has 3 N–H and O–H groups in total. The Labute approximate surface area is 168 Å². The minimum atomic E-state index is 0.153. The molecule has 0 saturated carbocycles. The fourth-order valence-corrected chi connectivity index (χ4v) is 3.86. The van der Waals surface area contributed by atoms with Crippen molar-refractivity contribution in [1.29, 1.82) is 0 Å². The summed E-state index contributed by atoms with van der Waals surface area (Å²) in [4.78, 5) is 18.3. The number of halogens is 1. The van der Waals surface area contributed by atoms with Gasteiger partial charge in [-0.2, -0.15) is 15.0 Å². The van der Waals surface area contributed by atoms with E-state index in [-0.39, 0.29) is 5.95 Å². The van der Waals surface area contributed by atoms with Gasteiger partial charge in [-0.1, -0.05) is 41.9 Å². The third-order valence-electron chi connectivity index (χ3n) is 3.45. The number of hydrogen-bond acceptors (Lipinski definition) is 8. The van der Waals surface area contributed by atoms with E-state index in [1.165, 1.54) is 23.1 Å². The van der Waals surface area contributed by atoms with Crippen molar-refractivity contribution in [2.24, 2.45) is 0 Å². The molecule has 0 spiro atoms. The van der Waals surface area contributed by atoms with Crippen LogP contribution in [0.4, 0.5) is 17.0 Å². The Morgan fingerprint density at radius 2 is 1.70 bits per heavy atom. The number of rotatable bonds is 5. The summed E-state index contributed by atoms with van der Waals surface area (Å²) in [7, 11) is 0. The molecule has 0 saturated heterocycles. The van der Waals surface area contributed by atoms with E-state index >= 15 is 0 Å². The van der Waals surface area contributed by atoms with Crippen LogP contribution in [-0.4, -0.2) is 19.9 Å². The first-order valence-corrected chi connectivity index (χ1v) is 9.96. The van der Waals surface area contributed by atoms with Gasteiger partial charge in [0.2, 0.25) is 11.9 Å². The largest absolute Gasteiger partial charge is 0.368 e. The smallest absolute Gasteiger partial charge is 0.234 e. The summed E-state index contributed by atoms with van der Waals surface area (Å²) in [6.07, 6.45) is 0. The number of nitrogens with zero attached hydrogens (tertiary/aromatic N) is 4. The first-order chi connectivity index (χ1) is 13.2. The Morgan fingerprint density at radius 1 is 0.926 bits per heavy atom. The second-order valence-electron chi connectivity index (χ2n) is 5.38. The van der Waals surface area contributed by atoms with Crippen LogP contribution in [0, 0.1) is 0 Å². The fraction of sp³-hybridized carbons (Fsp3) is 0. The van der Waals surface area contributed by atoms with E-state index in [2.05, 4.69) is 25.3 Å². The molecule has 2 aromatic heterocycles. The molecule has 0 aliphatic carbocycles. The molecule has 0 amide bonds. The van der Waals surface area contributed by atoms with E-state index in [1.54, 1.807) is 0 Å². The van der Waals surface area contributed by atoms with Crippen molar-refractivity contribution in [1.82, 2.24) is 19.9 Å². The molecule has 0 unspecified atom stereocenters. The van der Waals surface area contributed by atoms with E-state index in [1.807, 2.05) is 60.0 Å². The molecule has 4 rings (SSSR count). The Morgan fingerprint density at radius 3 is 2.48 bits per heavy atom. The highest BCUT2D eigenvalue weighted by Crippen LogP contribution is 2.29. The van der Waals surface area contributed by atoms with Crippen molar-refractivity contribution in [3.8, 4) is 11.3 Å². The number of hydrogen-bond donors (Lipinski definition) is 2. The molecule has 6 nitrogen and oxygen atoms in total. The Kier molecular flexibility index (Phi) is 5.19. The number of anilines is 3. The van der Waals surface area contributed by atoms with Crippen molar-refractivity contribution >= 4 is 51.7 Å². The second kappa shape index (κ2) is 7.91. The van der Waals surface area contributed by atoms with Gasteiger partial charge in [-0.05, 0) is 36.0 Å². The molecular formula is C18H13ClN6S2. The minimum Gasteiger partial charge on any atom is -0.368 e. The molecule has 0 aliphatic heterocycles. The maximum atomic E-state index is 5.93. The summed E-state index contributed by atoms with van der Waals surface area (Å²) < 4.78 is 0. The molecule has 0 aliphatic rings. The number of benzene rings is 2. The van der Waals surface area contributed by atoms with Gasteiger partial charge in [-0.3, -0.25) is 5.32 Å². The van der Waals surface area contributed by atoms with Crippen LogP contribution >= 0.6 is 34.7 Å². The van der Waals surface area contributed by atoms with Gasteiger partial charge < -0.3 is 5.73 Å². The summed E-state index contributed by atoms with van der Waals surface area (Å²) in [5.41, 5.74) is 7.66. The zero-order valence-electron chi connectivity index (χ0n) is 13.8. The quantitative estimate of drug-likeness (QED) is 0.469. The number of thiazole rings is 1. The highest BCUT2D eigenvalue weighted by molar-refractivity contribution is 7.99. The minimum absolute atomic E-state index is 0.153. The number of nitrogen functional groups attached to an aromatic ring is 1. The lowest BCUT2D eigenvalue weighted by Gasteiger charge is -2.05.